The Morgan fingerprint density at radius 1 is 0.432 bits per heavy atom. The molecule has 522 valence electrons. The Bertz CT molecular complexity index is 3280. The second-order valence-corrected chi connectivity index (χ2v) is 30.1. The van der Waals surface area contributed by atoms with Crippen LogP contribution in [-0.4, -0.2) is 117 Å². The average molecular weight is 1340 g/mol. The lowest BCUT2D eigenvalue weighted by Crippen LogP contribution is -2.54. The summed E-state index contributed by atoms with van der Waals surface area (Å²) in [5.41, 5.74) is 24.0. The van der Waals surface area contributed by atoms with E-state index < -0.39 is 81.8 Å². The zero-order chi connectivity index (χ0) is 68.5. The number of hydrogen-bond acceptors (Lipinski definition) is 9. The molecule has 6 aliphatic heterocycles. The summed E-state index contributed by atoms with van der Waals surface area (Å²) in [5.74, 6) is -9.20. The number of fused-ring (bicyclic) bond motifs is 6. The monoisotopic (exact) mass is 1340 g/mol. The van der Waals surface area contributed by atoms with E-state index in [-0.39, 0.29) is 151 Å². The molecule has 9 aliphatic rings. The van der Waals surface area contributed by atoms with Gasteiger partial charge in [0, 0.05) is 110 Å². The van der Waals surface area contributed by atoms with Gasteiger partial charge in [0.2, 0.25) is 35.4 Å². The minimum Gasteiger partial charge on any atom is -0.369 e. The molecule has 3 aliphatic carbocycles. The van der Waals surface area contributed by atoms with E-state index in [9.17, 15) is 68.3 Å². The summed E-state index contributed by atoms with van der Waals surface area (Å²) < 4.78 is 122. The summed E-state index contributed by atoms with van der Waals surface area (Å²) in [6, 6.07) is 3.84. The van der Waals surface area contributed by atoms with Gasteiger partial charge in [0.05, 0.1) is 0 Å². The van der Waals surface area contributed by atoms with Crippen molar-refractivity contribution in [3.05, 3.63) is 105 Å². The lowest BCUT2D eigenvalue weighted by atomic mass is 9.71. The van der Waals surface area contributed by atoms with Crippen LogP contribution in [0.2, 0.25) is 0 Å². The summed E-state index contributed by atoms with van der Waals surface area (Å²) >= 11 is 0. The maximum atomic E-state index is 14.1. The Hall–Kier alpha value is -6.27. The highest BCUT2D eigenvalue weighted by atomic mass is 19.2. The van der Waals surface area contributed by atoms with Gasteiger partial charge in [-0.1, -0.05) is 20.8 Å². The third kappa shape index (κ3) is 17.0. The summed E-state index contributed by atoms with van der Waals surface area (Å²) in [6.07, 6.45) is 17.9. The van der Waals surface area contributed by atoms with E-state index in [1.54, 1.807) is 0 Å². The Labute approximate surface area is 550 Å². The zero-order valence-electron chi connectivity index (χ0n) is 54.7. The van der Waals surface area contributed by atoms with E-state index in [0.717, 1.165) is 95.2 Å². The first-order valence-corrected chi connectivity index (χ1v) is 34.5. The van der Waals surface area contributed by atoms with Gasteiger partial charge in [-0.15, -0.1) is 0 Å². The van der Waals surface area contributed by atoms with E-state index in [0.29, 0.717) is 86.9 Å². The number of nitrogens with zero attached hydrogens (tertiary/aromatic N) is 3. The first kappa shape index (κ1) is 71.5. The summed E-state index contributed by atoms with van der Waals surface area (Å²) in [6.45, 7) is 6.83. The van der Waals surface area contributed by atoms with Crippen LogP contribution in [0.3, 0.4) is 0 Å². The molecular weight excluding hydrogens is 1250 g/mol. The molecule has 3 aromatic carbocycles. The number of piperidine rings is 3. The average Bonchev–Trinajstić information content (AvgIpc) is 1.59. The van der Waals surface area contributed by atoms with Gasteiger partial charge in [-0.25, -0.2) is 39.5 Å². The van der Waals surface area contributed by atoms with Crippen molar-refractivity contribution in [1.29, 1.82) is 0 Å². The van der Waals surface area contributed by atoms with Crippen molar-refractivity contribution in [2.24, 2.45) is 57.4 Å². The first-order chi connectivity index (χ1) is 45.0. The van der Waals surface area contributed by atoms with Gasteiger partial charge in [-0.3, -0.25) is 28.8 Å². The SMILES string of the molecule is CC(C)(C)C1CCC(NC(=O)CCC(=O)N2[C@@H]3CC[C@H]2CC([C@H](N)Cc2cc(F)c(F)cc2F)C3)CC1.NC(=O)C1(C(=O)N2[C@@H]3CC[C@H]2CC([C@H](N)Cc2cc(F)c(F)cc2F)C3)CC1.N[C@H](Cc1cc(F)c(F)cc1F)C1C[C@H]2CC[C@@H](C1)N2C(=O)CCC(=O)NC1CC1. The zero-order valence-corrected chi connectivity index (χ0v) is 54.7. The standard InChI is InChI=1S/C29H42F3N3O2.C22H28F3N3O2.C20H24F3N3O2/c1-29(2,3)19-4-6-20(7-5-19)34-27(36)10-11-28(37)35-21-8-9-22(35)13-18(12-21)26(33)15-17-14-24(31)25(32)16-23(17)30;23-17-11-19(25)18(24)9-12(17)10-20(26)13-7-15-3-4-16(8-13)28(15)22(30)6-5-21(29)27-14-1-2-14;21-14-9-16(23)15(22)7-10(14)8-17(24)11-5-12-1-2-13(6-11)26(12)19(28)20(3-4-20)18(25)27/h14,16,18-22,26H,4-13,15,33H2,1-3H3,(H,34,36);9,11,13-16,20H,1-8,10,26H2,(H,27,29);7,9,11-13,17H,1-6,8,24H2,(H2,25,27)/t18?,19?,20?,21-,22+,26-;13?,15-,16+,20-;11?,12-,13+,17-/m111/s1. The second kappa shape index (κ2) is 29.8. The molecule has 10 N–H and O–H groups in total. The predicted octanol–water partition coefficient (Wildman–Crippen LogP) is 10.1. The molecule has 0 spiro atoms. The van der Waals surface area contributed by atoms with E-state index in [1.807, 2.05) is 14.7 Å². The molecular formula is C71H94F9N9O6. The molecule has 6 heterocycles. The van der Waals surface area contributed by atoms with E-state index in [2.05, 4.69) is 31.4 Å². The Morgan fingerprint density at radius 2 is 0.716 bits per heavy atom. The number of hydrogen-bond donors (Lipinski definition) is 6. The predicted molar refractivity (Wildman–Crippen MR) is 337 cm³/mol. The van der Waals surface area contributed by atoms with Crippen molar-refractivity contribution >= 4 is 35.4 Å². The van der Waals surface area contributed by atoms with Crippen molar-refractivity contribution in [2.45, 2.75) is 261 Å². The van der Waals surface area contributed by atoms with Gasteiger partial charge in [0.1, 0.15) is 22.9 Å². The lowest BCUT2D eigenvalue weighted by molar-refractivity contribution is -0.147. The maximum absolute atomic E-state index is 14.1. The topological polar surface area (TPSA) is 240 Å². The molecule has 12 atom stereocenters. The van der Waals surface area contributed by atoms with Crippen LogP contribution >= 0.6 is 0 Å². The van der Waals surface area contributed by atoms with Gasteiger partial charge >= 0.3 is 0 Å². The lowest BCUT2D eigenvalue weighted by Gasteiger charge is -2.42. The minimum atomic E-state index is -1.22. The van der Waals surface area contributed by atoms with Crippen LogP contribution < -0.4 is 33.6 Å². The Balaban J connectivity index is 0.000000157. The number of nitrogens with two attached hydrogens (primary N) is 4. The number of primary amides is 1. The molecule has 0 aromatic heterocycles. The molecule has 95 heavy (non-hydrogen) atoms. The van der Waals surface area contributed by atoms with Gasteiger partial charge < -0.3 is 48.3 Å². The normalized spacial score (nSPS) is 28.1. The molecule has 6 bridgehead atoms. The quantitative estimate of drug-likeness (QED) is 0.0380. The largest absolute Gasteiger partial charge is 0.369 e. The summed E-state index contributed by atoms with van der Waals surface area (Å²) in [7, 11) is 0. The van der Waals surface area contributed by atoms with Crippen molar-refractivity contribution < 1.29 is 68.3 Å². The Kier molecular flexibility index (Phi) is 22.5. The highest BCUT2D eigenvalue weighted by Crippen LogP contribution is 2.51. The van der Waals surface area contributed by atoms with Gasteiger partial charge in [-0.05, 0) is 212 Å². The van der Waals surface area contributed by atoms with Crippen molar-refractivity contribution in [3.63, 3.8) is 0 Å². The molecule has 3 aromatic rings. The number of carbonyl (C=O) groups is 6. The highest BCUT2D eigenvalue weighted by Gasteiger charge is 2.60. The van der Waals surface area contributed by atoms with Crippen molar-refractivity contribution in [1.82, 2.24) is 25.3 Å². The molecule has 9 fully saturated rings. The number of amides is 6. The molecule has 6 amide bonds. The molecule has 6 saturated heterocycles. The van der Waals surface area contributed by atoms with Crippen LogP contribution in [-0.2, 0) is 48.0 Å². The van der Waals surface area contributed by atoms with Crippen molar-refractivity contribution in [2.75, 3.05) is 0 Å². The van der Waals surface area contributed by atoms with Gasteiger partial charge in [0.25, 0.3) is 0 Å². The van der Waals surface area contributed by atoms with Crippen LogP contribution in [0.5, 0.6) is 0 Å². The number of halogens is 9. The molecule has 12 rings (SSSR count). The molecule has 24 heteroatoms. The van der Waals surface area contributed by atoms with E-state index >= 15 is 0 Å². The van der Waals surface area contributed by atoms with Crippen LogP contribution in [0.1, 0.15) is 192 Å². The fourth-order valence-corrected chi connectivity index (χ4v) is 16.8. The molecule has 0 radical (unpaired) electrons. The number of carbonyl (C=O) groups excluding carboxylic acids is 6. The maximum Gasteiger partial charge on any atom is 0.238 e. The molecule has 3 saturated carbocycles. The smallest absolute Gasteiger partial charge is 0.238 e. The highest BCUT2D eigenvalue weighted by molar-refractivity contribution is 6.07. The first-order valence-electron chi connectivity index (χ1n) is 34.5. The van der Waals surface area contributed by atoms with Crippen LogP contribution in [0, 0.1) is 86.9 Å². The third-order valence-corrected chi connectivity index (χ3v) is 22.6. The fraction of sp³-hybridized carbons (Fsp3) is 0.662. The van der Waals surface area contributed by atoms with Gasteiger partial charge in [-0.2, -0.15) is 0 Å². The number of nitrogens with one attached hydrogen (secondary N) is 2. The van der Waals surface area contributed by atoms with Crippen LogP contribution in [0.15, 0.2) is 36.4 Å². The Morgan fingerprint density at radius 3 is 0.989 bits per heavy atom. The number of benzene rings is 3. The van der Waals surface area contributed by atoms with Gasteiger partial charge in [0.15, 0.2) is 34.9 Å². The minimum absolute atomic E-state index is 0.00562. The second-order valence-electron chi connectivity index (χ2n) is 30.1. The van der Waals surface area contributed by atoms with Crippen molar-refractivity contribution in [3.8, 4) is 0 Å². The van der Waals surface area contributed by atoms with E-state index in [1.165, 1.54) is 0 Å². The summed E-state index contributed by atoms with van der Waals surface area (Å²) in [5, 5.41) is 6.04. The molecule has 15 nitrogen and oxygen atoms in total. The molecule has 3 unspecified atom stereocenters. The fourth-order valence-electron chi connectivity index (χ4n) is 16.8. The third-order valence-electron chi connectivity index (χ3n) is 22.6. The van der Waals surface area contributed by atoms with E-state index in [4.69, 9.17) is 22.9 Å². The number of rotatable bonds is 19. The van der Waals surface area contributed by atoms with Crippen LogP contribution in [0.4, 0.5) is 39.5 Å². The summed E-state index contributed by atoms with van der Waals surface area (Å²) in [4.78, 5) is 80.6. The van der Waals surface area contributed by atoms with Crippen LogP contribution in [0.25, 0.3) is 0 Å².